The number of Topliss-reactive ketones (excluding diaryl/α,β-unsaturated/α-hetero) is 2. The van der Waals surface area contributed by atoms with E-state index in [2.05, 4.69) is 9.97 Å². The molecule has 0 aliphatic heterocycles. The van der Waals surface area contributed by atoms with Crippen LogP contribution in [0.3, 0.4) is 0 Å². The number of hydrogen-bond acceptors (Lipinski definition) is 4. The molecule has 0 fully saturated rings. The van der Waals surface area contributed by atoms with E-state index in [0.717, 1.165) is 0 Å². The van der Waals surface area contributed by atoms with Crippen molar-refractivity contribution in [3.63, 3.8) is 0 Å². The third-order valence-electron chi connectivity index (χ3n) is 2.46. The van der Waals surface area contributed by atoms with Crippen molar-refractivity contribution in [2.75, 3.05) is 0 Å². The minimum absolute atomic E-state index is 0.112. The van der Waals surface area contributed by atoms with Crippen LogP contribution in [0, 0.1) is 10.8 Å². The smallest absolute Gasteiger partial charge is 0.188 e. The van der Waals surface area contributed by atoms with Gasteiger partial charge in [-0.1, -0.05) is 41.5 Å². The first kappa shape index (κ1) is 14.5. The molecule has 0 aromatic carbocycles. The summed E-state index contributed by atoms with van der Waals surface area (Å²) in [6, 6.07) is 0. The molecule has 98 valence electrons. The average molecular weight is 248 g/mol. The lowest BCUT2D eigenvalue weighted by Gasteiger charge is -2.18. The topological polar surface area (TPSA) is 59.9 Å². The van der Waals surface area contributed by atoms with E-state index < -0.39 is 10.8 Å². The van der Waals surface area contributed by atoms with Crippen LogP contribution in [-0.4, -0.2) is 21.5 Å². The van der Waals surface area contributed by atoms with E-state index in [-0.39, 0.29) is 23.0 Å². The SMILES string of the molecule is CC(C)(C)C(=O)c1cncc(C(=O)C(C)(C)C)n1. The first-order valence-electron chi connectivity index (χ1n) is 5.95. The van der Waals surface area contributed by atoms with Crippen LogP contribution in [0.5, 0.6) is 0 Å². The van der Waals surface area contributed by atoms with Crippen LogP contribution in [0.4, 0.5) is 0 Å². The standard InChI is InChI=1S/C14H20N2O2/c1-13(2,3)11(17)9-7-15-8-10(16-9)12(18)14(4,5)6/h7-8H,1-6H3. The Hall–Kier alpha value is -1.58. The first-order valence-corrected chi connectivity index (χ1v) is 5.95. The maximum absolute atomic E-state index is 12.1. The van der Waals surface area contributed by atoms with Gasteiger partial charge in [-0.05, 0) is 0 Å². The van der Waals surface area contributed by atoms with Crippen LogP contribution in [-0.2, 0) is 0 Å². The molecule has 4 heteroatoms. The van der Waals surface area contributed by atoms with Crippen molar-refractivity contribution < 1.29 is 9.59 Å². The van der Waals surface area contributed by atoms with E-state index in [1.54, 1.807) is 0 Å². The molecule has 0 bridgehead atoms. The molecule has 1 aromatic rings. The van der Waals surface area contributed by atoms with Crippen LogP contribution in [0.25, 0.3) is 0 Å². The molecule has 0 amide bonds. The monoisotopic (exact) mass is 248 g/mol. The molecule has 1 aromatic heterocycles. The molecule has 0 unspecified atom stereocenters. The summed E-state index contributed by atoms with van der Waals surface area (Å²) in [6.07, 6.45) is 2.82. The number of carbonyl (C=O) groups is 2. The lowest BCUT2D eigenvalue weighted by atomic mass is 9.88. The van der Waals surface area contributed by atoms with Crippen LogP contribution in [0.2, 0.25) is 0 Å². The van der Waals surface area contributed by atoms with Crippen molar-refractivity contribution in [2.45, 2.75) is 41.5 Å². The fraction of sp³-hybridized carbons (Fsp3) is 0.571. The van der Waals surface area contributed by atoms with Crippen molar-refractivity contribution >= 4 is 11.6 Å². The Morgan fingerprint density at radius 2 is 1.17 bits per heavy atom. The maximum atomic E-state index is 12.1. The minimum atomic E-state index is -0.530. The second kappa shape index (κ2) is 4.59. The highest BCUT2D eigenvalue weighted by molar-refractivity contribution is 6.01. The summed E-state index contributed by atoms with van der Waals surface area (Å²) >= 11 is 0. The highest BCUT2D eigenvalue weighted by atomic mass is 16.1. The van der Waals surface area contributed by atoms with Crippen molar-refractivity contribution in [3.05, 3.63) is 23.8 Å². The van der Waals surface area contributed by atoms with Gasteiger partial charge in [0.2, 0.25) is 0 Å². The van der Waals surface area contributed by atoms with Crippen molar-refractivity contribution in [2.24, 2.45) is 10.8 Å². The number of carbonyl (C=O) groups excluding carboxylic acids is 2. The Balaban J connectivity index is 3.16. The molecule has 18 heavy (non-hydrogen) atoms. The molecule has 0 radical (unpaired) electrons. The average Bonchev–Trinajstić information content (AvgIpc) is 2.24. The zero-order valence-corrected chi connectivity index (χ0v) is 11.9. The lowest BCUT2D eigenvalue weighted by molar-refractivity contribution is 0.0844. The van der Waals surface area contributed by atoms with Gasteiger partial charge in [0.05, 0.1) is 12.4 Å². The van der Waals surface area contributed by atoms with Gasteiger partial charge in [-0.25, -0.2) is 4.98 Å². The number of nitrogens with zero attached hydrogens (tertiary/aromatic N) is 2. The first-order chi connectivity index (χ1) is 8.03. The Morgan fingerprint density at radius 3 is 1.44 bits per heavy atom. The predicted molar refractivity (Wildman–Crippen MR) is 69.6 cm³/mol. The highest BCUT2D eigenvalue weighted by Gasteiger charge is 2.28. The molecular weight excluding hydrogens is 228 g/mol. The molecule has 1 rings (SSSR count). The summed E-state index contributed by atoms with van der Waals surface area (Å²) < 4.78 is 0. The van der Waals surface area contributed by atoms with Crippen molar-refractivity contribution in [3.8, 4) is 0 Å². The molecule has 0 aliphatic rings. The Kier molecular flexibility index (Phi) is 3.70. The van der Waals surface area contributed by atoms with Crippen LogP contribution in [0.15, 0.2) is 12.4 Å². The maximum Gasteiger partial charge on any atom is 0.188 e. The van der Waals surface area contributed by atoms with E-state index in [1.807, 2.05) is 41.5 Å². The fourth-order valence-electron chi connectivity index (χ4n) is 1.35. The summed E-state index contributed by atoms with van der Waals surface area (Å²) in [7, 11) is 0. The highest BCUT2D eigenvalue weighted by Crippen LogP contribution is 2.22. The Bertz CT molecular complexity index is 438. The molecule has 0 saturated carbocycles. The largest absolute Gasteiger partial charge is 0.292 e. The number of ketones is 2. The Morgan fingerprint density at radius 1 is 0.833 bits per heavy atom. The number of aromatic nitrogens is 2. The van der Waals surface area contributed by atoms with Gasteiger partial charge in [0.25, 0.3) is 0 Å². The van der Waals surface area contributed by atoms with E-state index in [4.69, 9.17) is 0 Å². The van der Waals surface area contributed by atoms with Gasteiger partial charge in [0, 0.05) is 10.8 Å². The summed E-state index contributed by atoms with van der Waals surface area (Å²) in [4.78, 5) is 32.2. The van der Waals surface area contributed by atoms with Crippen molar-refractivity contribution in [1.82, 2.24) is 9.97 Å². The summed E-state index contributed by atoms with van der Waals surface area (Å²) in [5.74, 6) is -0.225. The van der Waals surface area contributed by atoms with Gasteiger partial charge in [0.1, 0.15) is 11.4 Å². The molecule has 0 spiro atoms. The minimum Gasteiger partial charge on any atom is -0.292 e. The Labute approximate surface area is 108 Å². The quantitative estimate of drug-likeness (QED) is 0.755. The van der Waals surface area contributed by atoms with E-state index in [9.17, 15) is 9.59 Å². The summed E-state index contributed by atoms with van der Waals surface area (Å²) in [5.41, 5.74) is -0.564. The number of hydrogen-bond donors (Lipinski definition) is 0. The van der Waals surface area contributed by atoms with E-state index in [0.29, 0.717) is 0 Å². The van der Waals surface area contributed by atoms with Gasteiger partial charge in [-0.3, -0.25) is 14.6 Å². The molecule has 0 atom stereocenters. The van der Waals surface area contributed by atoms with Gasteiger partial charge in [0.15, 0.2) is 11.6 Å². The van der Waals surface area contributed by atoms with Crippen LogP contribution >= 0.6 is 0 Å². The van der Waals surface area contributed by atoms with Gasteiger partial charge < -0.3 is 0 Å². The fourth-order valence-corrected chi connectivity index (χ4v) is 1.35. The third-order valence-corrected chi connectivity index (χ3v) is 2.46. The van der Waals surface area contributed by atoms with Crippen LogP contribution in [0.1, 0.15) is 62.5 Å². The zero-order chi connectivity index (χ0) is 14.1. The van der Waals surface area contributed by atoms with Crippen LogP contribution < -0.4 is 0 Å². The third kappa shape index (κ3) is 3.22. The van der Waals surface area contributed by atoms with Gasteiger partial charge in [-0.2, -0.15) is 0 Å². The summed E-state index contributed by atoms with van der Waals surface area (Å²) in [6.45, 7) is 10.9. The molecule has 0 saturated heterocycles. The second-order valence-electron chi connectivity index (χ2n) is 6.45. The van der Waals surface area contributed by atoms with E-state index >= 15 is 0 Å². The molecule has 4 nitrogen and oxygen atoms in total. The zero-order valence-electron chi connectivity index (χ0n) is 11.9. The molecule has 1 heterocycles. The molecular formula is C14H20N2O2. The van der Waals surface area contributed by atoms with E-state index in [1.165, 1.54) is 12.4 Å². The van der Waals surface area contributed by atoms with Crippen molar-refractivity contribution in [1.29, 1.82) is 0 Å². The normalized spacial score (nSPS) is 12.3. The predicted octanol–water partition coefficient (Wildman–Crippen LogP) is 2.93. The van der Waals surface area contributed by atoms with Gasteiger partial charge in [-0.15, -0.1) is 0 Å². The summed E-state index contributed by atoms with van der Waals surface area (Å²) in [5, 5.41) is 0. The molecule has 0 aliphatic carbocycles. The molecule has 0 N–H and O–H groups in total. The number of rotatable bonds is 2. The lowest BCUT2D eigenvalue weighted by Crippen LogP contribution is -2.25. The second-order valence-corrected chi connectivity index (χ2v) is 6.45. The van der Waals surface area contributed by atoms with Gasteiger partial charge >= 0.3 is 0 Å².